The Morgan fingerprint density at radius 2 is 2.47 bits per heavy atom. The zero-order valence-electron chi connectivity index (χ0n) is 8.14. The second-order valence-electron chi connectivity index (χ2n) is 3.47. The highest BCUT2D eigenvalue weighted by Gasteiger charge is 2.22. The maximum absolute atomic E-state index is 11.7. The highest BCUT2D eigenvalue weighted by atomic mass is 32.2. The van der Waals surface area contributed by atoms with Gasteiger partial charge in [0.15, 0.2) is 0 Å². The Hall–Kier alpha value is -0.920. The summed E-state index contributed by atoms with van der Waals surface area (Å²) in [6.07, 6.45) is 4.34. The van der Waals surface area contributed by atoms with Crippen molar-refractivity contribution in [3.05, 3.63) is 12.4 Å². The van der Waals surface area contributed by atoms with Gasteiger partial charge in [0.2, 0.25) is 10.0 Å². The summed E-state index contributed by atoms with van der Waals surface area (Å²) < 4.78 is 31.2. The van der Waals surface area contributed by atoms with Crippen LogP contribution >= 0.6 is 0 Å². The zero-order valence-corrected chi connectivity index (χ0v) is 8.96. The van der Waals surface area contributed by atoms with Gasteiger partial charge in [0.1, 0.15) is 4.90 Å². The predicted molar refractivity (Wildman–Crippen MR) is 52.8 cm³/mol. The van der Waals surface area contributed by atoms with Gasteiger partial charge in [-0.05, 0) is 12.8 Å². The van der Waals surface area contributed by atoms with E-state index in [4.69, 9.17) is 4.74 Å². The van der Waals surface area contributed by atoms with Gasteiger partial charge in [-0.1, -0.05) is 0 Å². The average molecular weight is 231 g/mol. The SMILES string of the molecule is O=S(=O)(NC1CCCOC1)c1cn[nH]c1. The first-order valence-corrected chi connectivity index (χ1v) is 6.26. The monoisotopic (exact) mass is 231 g/mol. The number of ether oxygens (including phenoxy) is 1. The fourth-order valence-corrected chi connectivity index (χ4v) is 2.67. The van der Waals surface area contributed by atoms with Gasteiger partial charge in [0.05, 0.1) is 12.8 Å². The van der Waals surface area contributed by atoms with Crippen molar-refractivity contribution >= 4 is 10.0 Å². The molecular formula is C8H13N3O3S. The number of nitrogens with zero attached hydrogens (tertiary/aromatic N) is 1. The summed E-state index contributed by atoms with van der Waals surface area (Å²) in [4.78, 5) is 0.160. The van der Waals surface area contributed by atoms with E-state index in [9.17, 15) is 8.42 Å². The molecule has 1 fully saturated rings. The fourth-order valence-electron chi connectivity index (χ4n) is 1.51. The van der Waals surface area contributed by atoms with Crippen LogP contribution in [-0.4, -0.2) is 37.9 Å². The number of H-pyrrole nitrogens is 1. The summed E-state index contributed by atoms with van der Waals surface area (Å²) in [5.41, 5.74) is 0. The van der Waals surface area contributed by atoms with Crippen LogP contribution < -0.4 is 4.72 Å². The number of aromatic amines is 1. The summed E-state index contributed by atoms with van der Waals surface area (Å²) in [6, 6.07) is -0.126. The molecule has 15 heavy (non-hydrogen) atoms. The van der Waals surface area contributed by atoms with Gasteiger partial charge in [0.25, 0.3) is 0 Å². The van der Waals surface area contributed by atoms with Crippen LogP contribution in [0, 0.1) is 0 Å². The van der Waals surface area contributed by atoms with Gasteiger partial charge in [-0.2, -0.15) is 5.10 Å². The maximum atomic E-state index is 11.7. The lowest BCUT2D eigenvalue weighted by Gasteiger charge is -2.22. The number of sulfonamides is 1. The van der Waals surface area contributed by atoms with Crippen LogP contribution in [0.1, 0.15) is 12.8 Å². The van der Waals surface area contributed by atoms with Crippen molar-refractivity contribution in [1.29, 1.82) is 0 Å². The number of aromatic nitrogens is 2. The predicted octanol–water partition coefficient (Wildman–Crippen LogP) is -0.133. The molecule has 1 aliphatic rings. The molecule has 0 aliphatic carbocycles. The van der Waals surface area contributed by atoms with Crippen LogP contribution in [0.25, 0.3) is 0 Å². The molecule has 6 nitrogen and oxygen atoms in total. The third kappa shape index (κ3) is 2.55. The Kier molecular flexibility index (Phi) is 3.03. The molecule has 7 heteroatoms. The van der Waals surface area contributed by atoms with E-state index in [1.807, 2.05) is 0 Å². The molecular weight excluding hydrogens is 218 g/mol. The summed E-state index contributed by atoms with van der Waals surface area (Å²) >= 11 is 0. The zero-order chi connectivity index (χ0) is 10.7. The number of hydrogen-bond donors (Lipinski definition) is 2. The van der Waals surface area contributed by atoms with Crippen molar-refractivity contribution in [2.45, 2.75) is 23.8 Å². The third-order valence-electron chi connectivity index (χ3n) is 2.27. The Bertz CT molecular complexity index is 395. The highest BCUT2D eigenvalue weighted by molar-refractivity contribution is 7.89. The van der Waals surface area contributed by atoms with Gasteiger partial charge < -0.3 is 4.74 Å². The van der Waals surface area contributed by atoms with Crippen molar-refractivity contribution in [3.63, 3.8) is 0 Å². The lowest BCUT2D eigenvalue weighted by molar-refractivity contribution is 0.0774. The Morgan fingerprint density at radius 3 is 3.07 bits per heavy atom. The second-order valence-corrected chi connectivity index (χ2v) is 5.18. The standard InChI is InChI=1S/C8H13N3O3S/c12-15(13,8-4-9-10-5-8)11-7-2-1-3-14-6-7/h4-5,7,11H,1-3,6H2,(H,9,10). The maximum Gasteiger partial charge on any atom is 0.244 e. The first-order valence-electron chi connectivity index (χ1n) is 4.77. The molecule has 0 bridgehead atoms. The molecule has 2 rings (SSSR count). The largest absolute Gasteiger partial charge is 0.380 e. The molecule has 1 atom stereocenters. The minimum atomic E-state index is -3.44. The molecule has 1 unspecified atom stereocenters. The molecule has 1 saturated heterocycles. The lowest BCUT2D eigenvalue weighted by atomic mass is 10.1. The second kappa shape index (κ2) is 4.30. The first-order chi connectivity index (χ1) is 7.18. The smallest absolute Gasteiger partial charge is 0.244 e. The van der Waals surface area contributed by atoms with Gasteiger partial charge in [-0.25, -0.2) is 13.1 Å². The normalized spacial score (nSPS) is 22.8. The van der Waals surface area contributed by atoms with Crippen LogP contribution in [0.15, 0.2) is 17.3 Å². The van der Waals surface area contributed by atoms with Gasteiger partial charge in [0, 0.05) is 18.8 Å². The fraction of sp³-hybridized carbons (Fsp3) is 0.625. The van der Waals surface area contributed by atoms with E-state index in [0.717, 1.165) is 12.8 Å². The van der Waals surface area contributed by atoms with Crippen molar-refractivity contribution in [2.24, 2.45) is 0 Å². The van der Waals surface area contributed by atoms with Gasteiger partial charge in [-0.3, -0.25) is 5.10 Å². The summed E-state index contributed by atoms with van der Waals surface area (Å²) in [5.74, 6) is 0. The molecule has 1 aliphatic heterocycles. The molecule has 0 aromatic carbocycles. The van der Waals surface area contributed by atoms with Crippen LogP contribution in [0.2, 0.25) is 0 Å². The van der Waals surface area contributed by atoms with E-state index >= 15 is 0 Å². The minimum Gasteiger partial charge on any atom is -0.380 e. The van der Waals surface area contributed by atoms with E-state index in [-0.39, 0.29) is 10.9 Å². The van der Waals surface area contributed by atoms with E-state index in [0.29, 0.717) is 13.2 Å². The molecule has 0 radical (unpaired) electrons. The lowest BCUT2D eigenvalue weighted by Crippen LogP contribution is -2.40. The van der Waals surface area contributed by atoms with Crippen LogP contribution in [-0.2, 0) is 14.8 Å². The molecule has 1 aromatic rings. The minimum absolute atomic E-state index is 0.126. The highest BCUT2D eigenvalue weighted by Crippen LogP contribution is 2.11. The third-order valence-corrected chi connectivity index (χ3v) is 3.75. The van der Waals surface area contributed by atoms with E-state index in [1.165, 1.54) is 12.4 Å². The molecule has 0 saturated carbocycles. The van der Waals surface area contributed by atoms with Crippen molar-refractivity contribution in [2.75, 3.05) is 13.2 Å². The Labute approximate surface area is 88.1 Å². The van der Waals surface area contributed by atoms with Crippen molar-refractivity contribution in [3.8, 4) is 0 Å². The van der Waals surface area contributed by atoms with Crippen LogP contribution in [0.5, 0.6) is 0 Å². The summed E-state index contributed by atoms with van der Waals surface area (Å²) in [7, 11) is -3.44. The Balaban J connectivity index is 2.04. The van der Waals surface area contributed by atoms with E-state index in [2.05, 4.69) is 14.9 Å². The molecule has 2 N–H and O–H groups in total. The number of hydrogen-bond acceptors (Lipinski definition) is 4. The Morgan fingerprint density at radius 1 is 1.60 bits per heavy atom. The molecule has 0 amide bonds. The van der Waals surface area contributed by atoms with Crippen LogP contribution in [0.4, 0.5) is 0 Å². The summed E-state index contributed by atoms with van der Waals surface area (Å²) in [5, 5.41) is 6.08. The molecule has 1 aromatic heterocycles. The molecule has 0 spiro atoms. The number of nitrogens with one attached hydrogen (secondary N) is 2. The van der Waals surface area contributed by atoms with Gasteiger partial charge in [-0.15, -0.1) is 0 Å². The van der Waals surface area contributed by atoms with Crippen molar-refractivity contribution in [1.82, 2.24) is 14.9 Å². The molecule has 84 valence electrons. The van der Waals surface area contributed by atoms with Gasteiger partial charge >= 0.3 is 0 Å². The first kappa shape index (κ1) is 10.6. The average Bonchev–Trinajstić information content (AvgIpc) is 2.71. The van der Waals surface area contributed by atoms with E-state index in [1.54, 1.807) is 0 Å². The quantitative estimate of drug-likeness (QED) is 0.758. The topological polar surface area (TPSA) is 84.1 Å². The van der Waals surface area contributed by atoms with Crippen LogP contribution in [0.3, 0.4) is 0 Å². The van der Waals surface area contributed by atoms with E-state index < -0.39 is 10.0 Å². The summed E-state index contributed by atoms with van der Waals surface area (Å²) in [6.45, 7) is 1.15. The number of rotatable bonds is 3. The molecule has 2 heterocycles. The van der Waals surface area contributed by atoms with Crippen molar-refractivity contribution < 1.29 is 13.2 Å².